The molecule has 1 amide bonds. The van der Waals surface area contributed by atoms with E-state index in [-0.39, 0.29) is 11.9 Å². The molecule has 18 heavy (non-hydrogen) atoms. The fourth-order valence-corrected chi connectivity index (χ4v) is 2.65. The molecule has 0 aromatic carbocycles. The molecule has 0 aromatic rings. The Labute approximate surface area is 111 Å². The predicted octanol–water partition coefficient (Wildman–Crippen LogP) is -0.134. The third-order valence-electron chi connectivity index (χ3n) is 3.93. The molecule has 5 heteroatoms. The number of amides is 1. The predicted molar refractivity (Wildman–Crippen MR) is 74.4 cm³/mol. The van der Waals surface area contributed by atoms with Gasteiger partial charge in [0.2, 0.25) is 5.91 Å². The average molecular weight is 256 g/mol. The van der Waals surface area contributed by atoms with E-state index in [4.69, 9.17) is 5.73 Å². The Kier molecular flexibility index (Phi) is 6.60. The van der Waals surface area contributed by atoms with Gasteiger partial charge in [0.25, 0.3) is 0 Å². The number of nitrogens with one attached hydrogen (secondary N) is 1. The number of carbonyl (C=O) groups excluding carboxylic acids is 1. The standard InChI is InChI=1S/C13H28N4O/c1-4-5-12(10-14)17-8-6-16(7-9-17)11(2)13(18)15-3/h11-12H,4-10,14H2,1-3H3,(H,15,18). The van der Waals surface area contributed by atoms with Crippen molar-refractivity contribution in [2.45, 2.75) is 38.8 Å². The van der Waals surface area contributed by atoms with E-state index in [1.807, 2.05) is 6.92 Å². The van der Waals surface area contributed by atoms with Crippen LogP contribution in [0.5, 0.6) is 0 Å². The molecule has 0 spiro atoms. The largest absolute Gasteiger partial charge is 0.358 e. The normalized spacial score (nSPS) is 21.6. The van der Waals surface area contributed by atoms with E-state index in [2.05, 4.69) is 22.0 Å². The second-order valence-electron chi connectivity index (χ2n) is 5.04. The van der Waals surface area contributed by atoms with Crippen molar-refractivity contribution in [3.05, 3.63) is 0 Å². The van der Waals surface area contributed by atoms with Crippen LogP contribution in [0.1, 0.15) is 26.7 Å². The maximum Gasteiger partial charge on any atom is 0.236 e. The third-order valence-corrected chi connectivity index (χ3v) is 3.93. The van der Waals surface area contributed by atoms with Crippen molar-refractivity contribution in [1.82, 2.24) is 15.1 Å². The van der Waals surface area contributed by atoms with Gasteiger partial charge < -0.3 is 11.1 Å². The van der Waals surface area contributed by atoms with Crippen LogP contribution in [0.2, 0.25) is 0 Å². The molecule has 0 aliphatic carbocycles. The molecule has 1 rings (SSSR count). The highest BCUT2D eigenvalue weighted by Gasteiger charge is 2.27. The molecule has 0 saturated carbocycles. The van der Waals surface area contributed by atoms with Gasteiger partial charge in [-0.1, -0.05) is 13.3 Å². The van der Waals surface area contributed by atoms with Crippen LogP contribution in [0.3, 0.4) is 0 Å². The number of nitrogens with two attached hydrogens (primary N) is 1. The van der Waals surface area contributed by atoms with Crippen LogP contribution in [0, 0.1) is 0 Å². The van der Waals surface area contributed by atoms with Crippen molar-refractivity contribution in [1.29, 1.82) is 0 Å². The molecule has 1 aliphatic rings. The molecule has 106 valence electrons. The van der Waals surface area contributed by atoms with E-state index < -0.39 is 0 Å². The maximum atomic E-state index is 11.6. The molecule has 2 atom stereocenters. The number of piperazine rings is 1. The summed E-state index contributed by atoms with van der Waals surface area (Å²) in [5.74, 6) is 0.104. The summed E-state index contributed by atoms with van der Waals surface area (Å²) in [7, 11) is 1.70. The lowest BCUT2D eigenvalue weighted by Gasteiger charge is -2.40. The molecule has 1 aliphatic heterocycles. The van der Waals surface area contributed by atoms with Crippen LogP contribution < -0.4 is 11.1 Å². The van der Waals surface area contributed by atoms with Gasteiger partial charge in [-0.3, -0.25) is 14.6 Å². The first-order valence-electron chi connectivity index (χ1n) is 7.03. The molecule has 0 aromatic heterocycles. The van der Waals surface area contributed by atoms with Gasteiger partial charge in [0.15, 0.2) is 0 Å². The zero-order valence-corrected chi connectivity index (χ0v) is 12.0. The van der Waals surface area contributed by atoms with E-state index in [0.717, 1.165) is 32.7 Å². The topological polar surface area (TPSA) is 61.6 Å². The van der Waals surface area contributed by atoms with Crippen LogP contribution in [0.25, 0.3) is 0 Å². The lowest BCUT2D eigenvalue weighted by atomic mass is 10.1. The molecule has 0 radical (unpaired) electrons. The van der Waals surface area contributed by atoms with Crippen molar-refractivity contribution in [2.24, 2.45) is 5.73 Å². The minimum Gasteiger partial charge on any atom is -0.358 e. The summed E-state index contributed by atoms with van der Waals surface area (Å²) in [6.07, 6.45) is 2.35. The quantitative estimate of drug-likeness (QED) is 0.695. The molecule has 2 unspecified atom stereocenters. The number of carbonyl (C=O) groups is 1. The van der Waals surface area contributed by atoms with Gasteiger partial charge in [-0.15, -0.1) is 0 Å². The number of nitrogens with zero attached hydrogens (tertiary/aromatic N) is 2. The first-order chi connectivity index (χ1) is 8.63. The highest BCUT2D eigenvalue weighted by Crippen LogP contribution is 2.12. The molecule has 5 nitrogen and oxygen atoms in total. The third kappa shape index (κ3) is 3.93. The van der Waals surface area contributed by atoms with Gasteiger partial charge in [-0.25, -0.2) is 0 Å². The van der Waals surface area contributed by atoms with Crippen molar-refractivity contribution in [3.8, 4) is 0 Å². The van der Waals surface area contributed by atoms with Crippen LogP contribution >= 0.6 is 0 Å². The van der Waals surface area contributed by atoms with Crippen LogP contribution in [-0.2, 0) is 4.79 Å². The maximum absolute atomic E-state index is 11.6. The van der Waals surface area contributed by atoms with Gasteiger partial charge in [0.1, 0.15) is 0 Å². The van der Waals surface area contributed by atoms with Crippen molar-refractivity contribution >= 4 is 5.91 Å². The number of hydrogen-bond acceptors (Lipinski definition) is 4. The van der Waals surface area contributed by atoms with Gasteiger partial charge in [-0.05, 0) is 13.3 Å². The second-order valence-corrected chi connectivity index (χ2v) is 5.04. The summed E-state index contributed by atoms with van der Waals surface area (Å²) in [6, 6.07) is 0.479. The van der Waals surface area contributed by atoms with E-state index in [9.17, 15) is 4.79 Å². The van der Waals surface area contributed by atoms with Crippen molar-refractivity contribution in [2.75, 3.05) is 39.8 Å². The van der Waals surface area contributed by atoms with Crippen LogP contribution in [0.4, 0.5) is 0 Å². The van der Waals surface area contributed by atoms with Crippen LogP contribution in [-0.4, -0.2) is 67.6 Å². The molecule has 0 bridgehead atoms. The fraction of sp³-hybridized carbons (Fsp3) is 0.923. The molecule has 1 fully saturated rings. The SMILES string of the molecule is CCCC(CN)N1CCN(C(C)C(=O)NC)CC1. The van der Waals surface area contributed by atoms with Crippen molar-refractivity contribution in [3.63, 3.8) is 0 Å². The summed E-state index contributed by atoms with van der Waals surface area (Å²) >= 11 is 0. The number of hydrogen-bond donors (Lipinski definition) is 2. The summed E-state index contributed by atoms with van der Waals surface area (Å²) in [5.41, 5.74) is 5.83. The average Bonchev–Trinajstić information content (AvgIpc) is 2.43. The minimum atomic E-state index is -0.0281. The van der Waals surface area contributed by atoms with E-state index >= 15 is 0 Å². The first-order valence-corrected chi connectivity index (χ1v) is 7.03. The van der Waals surface area contributed by atoms with Crippen LogP contribution in [0.15, 0.2) is 0 Å². The molecular weight excluding hydrogens is 228 g/mol. The van der Waals surface area contributed by atoms with Gasteiger partial charge in [0, 0.05) is 45.8 Å². The Morgan fingerprint density at radius 1 is 1.28 bits per heavy atom. The monoisotopic (exact) mass is 256 g/mol. The summed E-state index contributed by atoms with van der Waals surface area (Å²) in [5, 5.41) is 2.71. The number of rotatable bonds is 6. The lowest BCUT2D eigenvalue weighted by molar-refractivity contribution is -0.126. The van der Waals surface area contributed by atoms with E-state index in [1.165, 1.54) is 12.8 Å². The Hall–Kier alpha value is -0.650. The molecule has 1 heterocycles. The smallest absolute Gasteiger partial charge is 0.236 e. The van der Waals surface area contributed by atoms with Gasteiger partial charge >= 0.3 is 0 Å². The van der Waals surface area contributed by atoms with Gasteiger partial charge in [0.05, 0.1) is 6.04 Å². The Morgan fingerprint density at radius 3 is 2.28 bits per heavy atom. The van der Waals surface area contributed by atoms with E-state index in [1.54, 1.807) is 7.05 Å². The Morgan fingerprint density at radius 2 is 1.83 bits per heavy atom. The Balaban J connectivity index is 2.42. The highest BCUT2D eigenvalue weighted by atomic mass is 16.2. The summed E-state index contributed by atoms with van der Waals surface area (Å²) in [6.45, 7) is 8.85. The summed E-state index contributed by atoms with van der Waals surface area (Å²) < 4.78 is 0. The minimum absolute atomic E-state index is 0.0281. The zero-order valence-electron chi connectivity index (χ0n) is 12.0. The van der Waals surface area contributed by atoms with Gasteiger partial charge in [-0.2, -0.15) is 0 Å². The Bertz CT molecular complexity index is 251. The number of likely N-dealkylation sites (N-methyl/N-ethyl adjacent to an activating group) is 1. The lowest BCUT2D eigenvalue weighted by Crippen LogP contribution is -2.56. The van der Waals surface area contributed by atoms with E-state index in [0.29, 0.717) is 6.04 Å². The van der Waals surface area contributed by atoms with Crippen molar-refractivity contribution < 1.29 is 4.79 Å². The molecule has 1 saturated heterocycles. The molecule has 3 N–H and O–H groups in total. The molecular formula is C13H28N4O. The summed E-state index contributed by atoms with van der Waals surface area (Å²) in [4.78, 5) is 16.3. The highest BCUT2D eigenvalue weighted by molar-refractivity contribution is 5.80. The first kappa shape index (κ1) is 15.4. The second kappa shape index (κ2) is 7.71. The zero-order chi connectivity index (χ0) is 13.5. The fourth-order valence-electron chi connectivity index (χ4n) is 2.65.